The molecule has 6 nitrogen and oxygen atoms in total. The first-order chi connectivity index (χ1) is 8.38. The van der Waals surface area contributed by atoms with Gasteiger partial charge in [-0.05, 0) is 6.42 Å². The molecule has 0 aliphatic heterocycles. The van der Waals surface area contributed by atoms with Crippen LogP contribution >= 0.6 is 12.2 Å². The molecule has 1 atom stereocenters. The van der Waals surface area contributed by atoms with Gasteiger partial charge in [0.15, 0.2) is 0 Å². The normalized spacial score (nSPS) is 13.4. The average molecular weight is 290 g/mol. The average Bonchev–Trinajstić information content (AvgIpc) is 2.64. The Kier molecular flexibility index (Phi) is 5.24. The van der Waals surface area contributed by atoms with Gasteiger partial charge in [-0.1, -0.05) is 19.1 Å². The van der Waals surface area contributed by atoms with Gasteiger partial charge in [0, 0.05) is 32.4 Å². The summed E-state index contributed by atoms with van der Waals surface area (Å²) >= 11 is 4.76. The summed E-state index contributed by atoms with van der Waals surface area (Å²) in [6, 6.07) is 0. The fraction of sp³-hybridized carbons (Fsp3) is 0.600. The quantitative estimate of drug-likeness (QED) is 0.687. The van der Waals surface area contributed by atoms with Crippen molar-refractivity contribution < 1.29 is 8.42 Å². The van der Waals surface area contributed by atoms with Crippen molar-refractivity contribution in [1.29, 1.82) is 0 Å². The van der Waals surface area contributed by atoms with Crippen molar-refractivity contribution in [1.82, 2.24) is 14.3 Å². The summed E-state index contributed by atoms with van der Waals surface area (Å²) in [5.74, 6) is 0.820. The number of aromatic nitrogens is 2. The van der Waals surface area contributed by atoms with E-state index in [1.54, 1.807) is 13.1 Å². The minimum absolute atomic E-state index is 0.00184. The lowest BCUT2D eigenvalue weighted by Gasteiger charge is -2.15. The Balaban J connectivity index is 2.57. The van der Waals surface area contributed by atoms with Gasteiger partial charge < -0.3 is 10.3 Å². The SMILES string of the molecule is CCC(C(N)=S)S(=O)(=O)NCCc1nccn1C. The van der Waals surface area contributed by atoms with Crippen LogP contribution in [-0.4, -0.2) is 34.8 Å². The molecule has 0 spiro atoms. The predicted molar refractivity (Wildman–Crippen MR) is 74.7 cm³/mol. The van der Waals surface area contributed by atoms with Crippen LogP contribution in [0.5, 0.6) is 0 Å². The Morgan fingerprint density at radius 2 is 2.33 bits per heavy atom. The molecule has 0 aliphatic rings. The maximum absolute atomic E-state index is 11.9. The summed E-state index contributed by atoms with van der Waals surface area (Å²) in [5, 5.41) is -0.811. The highest BCUT2D eigenvalue weighted by Gasteiger charge is 2.25. The van der Waals surface area contributed by atoms with E-state index in [0.717, 1.165) is 5.82 Å². The standard InChI is InChI=1S/C10H18N4O2S2/c1-3-8(10(11)17)18(15,16)13-5-4-9-12-6-7-14(9)2/h6-8,13H,3-5H2,1-2H3,(H2,11,17). The van der Waals surface area contributed by atoms with Crippen LogP contribution in [-0.2, 0) is 23.5 Å². The van der Waals surface area contributed by atoms with Crippen LogP contribution in [0.3, 0.4) is 0 Å². The number of nitrogens with two attached hydrogens (primary N) is 1. The molecule has 1 aromatic rings. The van der Waals surface area contributed by atoms with Crippen LogP contribution in [0.25, 0.3) is 0 Å². The number of hydrogen-bond acceptors (Lipinski definition) is 4. The van der Waals surface area contributed by atoms with Gasteiger partial charge in [0.2, 0.25) is 10.0 Å². The number of aryl methyl sites for hydroxylation is 1. The molecule has 0 saturated heterocycles. The minimum Gasteiger partial charge on any atom is -0.392 e. The number of nitrogens with zero attached hydrogens (tertiary/aromatic N) is 2. The second kappa shape index (κ2) is 6.26. The van der Waals surface area contributed by atoms with E-state index < -0.39 is 15.3 Å². The highest BCUT2D eigenvalue weighted by molar-refractivity contribution is 7.93. The van der Waals surface area contributed by atoms with Crippen molar-refractivity contribution >= 4 is 27.2 Å². The van der Waals surface area contributed by atoms with Crippen molar-refractivity contribution in [2.75, 3.05) is 6.54 Å². The van der Waals surface area contributed by atoms with E-state index >= 15 is 0 Å². The van der Waals surface area contributed by atoms with Gasteiger partial charge >= 0.3 is 0 Å². The van der Waals surface area contributed by atoms with E-state index in [1.807, 2.05) is 17.8 Å². The van der Waals surface area contributed by atoms with Gasteiger partial charge in [0.25, 0.3) is 0 Å². The number of rotatable bonds is 7. The van der Waals surface area contributed by atoms with Crippen LogP contribution in [0.4, 0.5) is 0 Å². The number of imidazole rings is 1. The summed E-state index contributed by atoms with van der Waals surface area (Å²) in [7, 11) is -1.63. The number of hydrogen-bond donors (Lipinski definition) is 2. The number of thiocarbonyl (C=S) groups is 1. The third kappa shape index (κ3) is 3.76. The molecule has 3 N–H and O–H groups in total. The molecule has 1 unspecified atom stereocenters. The van der Waals surface area contributed by atoms with E-state index in [0.29, 0.717) is 12.8 Å². The van der Waals surface area contributed by atoms with E-state index in [4.69, 9.17) is 18.0 Å². The first-order valence-electron chi connectivity index (χ1n) is 5.62. The Labute approximate surface area is 113 Å². The highest BCUT2D eigenvalue weighted by Crippen LogP contribution is 2.05. The second-order valence-electron chi connectivity index (χ2n) is 3.94. The van der Waals surface area contributed by atoms with Crippen LogP contribution in [0.1, 0.15) is 19.2 Å². The Bertz CT molecular complexity index is 510. The zero-order valence-corrected chi connectivity index (χ0v) is 12.1. The zero-order valence-electron chi connectivity index (χ0n) is 10.5. The smallest absolute Gasteiger partial charge is 0.221 e. The zero-order chi connectivity index (χ0) is 13.8. The first kappa shape index (κ1) is 15.1. The third-order valence-electron chi connectivity index (χ3n) is 2.64. The highest BCUT2D eigenvalue weighted by atomic mass is 32.2. The molecule has 1 rings (SSSR count). The Morgan fingerprint density at radius 1 is 1.67 bits per heavy atom. The van der Waals surface area contributed by atoms with E-state index in [1.165, 1.54) is 0 Å². The number of sulfonamides is 1. The Hall–Kier alpha value is -0.990. The van der Waals surface area contributed by atoms with Crippen molar-refractivity contribution in [3.63, 3.8) is 0 Å². The summed E-state index contributed by atoms with van der Waals surface area (Å²) in [6.45, 7) is 2.02. The molecule has 0 amide bonds. The summed E-state index contributed by atoms with van der Waals surface area (Å²) in [6.07, 6.45) is 4.38. The lowest BCUT2D eigenvalue weighted by Crippen LogP contribution is -2.42. The lowest BCUT2D eigenvalue weighted by molar-refractivity contribution is 0.573. The topological polar surface area (TPSA) is 90.0 Å². The molecule has 0 bridgehead atoms. The number of nitrogens with one attached hydrogen (secondary N) is 1. The van der Waals surface area contributed by atoms with Gasteiger partial charge in [-0.2, -0.15) is 0 Å². The molecule has 8 heteroatoms. The maximum Gasteiger partial charge on any atom is 0.221 e. The van der Waals surface area contributed by atoms with Gasteiger partial charge in [-0.15, -0.1) is 0 Å². The molecule has 18 heavy (non-hydrogen) atoms. The maximum atomic E-state index is 11.9. The van der Waals surface area contributed by atoms with Crippen molar-refractivity contribution in [2.24, 2.45) is 12.8 Å². The van der Waals surface area contributed by atoms with Crippen LogP contribution in [0.2, 0.25) is 0 Å². The Morgan fingerprint density at radius 3 is 2.78 bits per heavy atom. The van der Waals surface area contributed by atoms with Crippen molar-refractivity contribution in [3.05, 3.63) is 18.2 Å². The largest absolute Gasteiger partial charge is 0.392 e. The fourth-order valence-corrected chi connectivity index (χ4v) is 3.50. The minimum atomic E-state index is -3.49. The van der Waals surface area contributed by atoms with Crippen LogP contribution < -0.4 is 10.5 Å². The third-order valence-corrected chi connectivity index (χ3v) is 5.01. The van der Waals surface area contributed by atoms with Gasteiger partial charge in [0.1, 0.15) is 11.1 Å². The molecule has 102 valence electrons. The van der Waals surface area contributed by atoms with Crippen molar-refractivity contribution in [3.8, 4) is 0 Å². The first-order valence-corrected chi connectivity index (χ1v) is 7.58. The van der Waals surface area contributed by atoms with Crippen LogP contribution in [0, 0.1) is 0 Å². The fourth-order valence-electron chi connectivity index (χ4n) is 1.62. The lowest BCUT2D eigenvalue weighted by atomic mass is 10.3. The molecule has 1 heterocycles. The molecule has 0 fully saturated rings. The summed E-state index contributed by atoms with van der Waals surface area (Å²) < 4.78 is 28.2. The van der Waals surface area contributed by atoms with E-state index in [-0.39, 0.29) is 11.5 Å². The summed E-state index contributed by atoms with van der Waals surface area (Å²) in [5.41, 5.74) is 5.42. The summed E-state index contributed by atoms with van der Waals surface area (Å²) in [4.78, 5) is 4.11. The van der Waals surface area contributed by atoms with E-state index in [9.17, 15) is 8.42 Å². The molecule has 0 aromatic carbocycles. The molecular weight excluding hydrogens is 272 g/mol. The van der Waals surface area contributed by atoms with Gasteiger partial charge in [-0.3, -0.25) is 0 Å². The van der Waals surface area contributed by atoms with E-state index in [2.05, 4.69) is 9.71 Å². The molecule has 0 saturated carbocycles. The second-order valence-corrected chi connectivity index (χ2v) is 6.36. The predicted octanol–water partition coefficient (Wildman–Crippen LogP) is -0.0533. The molecule has 1 aromatic heterocycles. The molecule has 0 radical (unpaired) electrons. The molecule has 0 aliphatic carbocycles. The van der Waals surface area contributed by atoms with Gasteiger partial charge in [-0.25, -0.2) is 18.1 Å². The molecular formula is C10H18N4O2S2. The van der Waals surface area contributed by atoms with Crippen molar-refractivity contribution in [2.45, 2.75) is 25.0 Å². The monoisotopic (exact) mass is 290 g/mol. The van der Waals surface area contributed by atoms with Crippen LogP contribution in [0.15, 0.2) is 12.4 Å². The van der Waals surface area contributed by atoms with Gasteiger partial charge in [0.05, 0.1) is 4.99 Å².